The first kappa shape index (κ1) is 15.5. The van der Waals surface area contributed by atoms with Gasteiger partial charge in [-0.3, -0.25) is 0 Å². The molecule has 0 aliphatic carbocycles. The fourth-order valence-corrected chi connectivity index (χ4v) is 2.10. The molecule has 0 fully saturated rings. The minimum absolute atomic E-state index is 0.312. The van der Waals surface area contributed by atoms with Crippen LogP contribution in [-0.2, 0) is 4.74 Å². The molecule has 0 saturated heterocycles. The minimum atomic E-state index is -0.405. The van der Waals surface area contributed by atoms with Crippen LogP contribution in [0, 0.1) is 0 Å². The van der Waals surface area contributed by atoms with Gasteiger partial charge in [0.25, 0.3) is 0 Å². The van der Waals surface area contributed by atoms with Crippen LogP contribution in [0.4, 0.5) is 17.1 Å². The highest BCUT2D eigenvalue weighted by Crippen LogP contribution is 2.33. The van der Waals surface area contributed by atoms with Crippen molar-refractivity contribution < 1.29 is 9.53 Å². The van der Waals surface area contributed by atoms with E-state index >= 15 is 0 Å². The van der Waals surface area contributed by atoms with Crippen molar-refractivity contribution in [3.05, 3.63) is 52.0 Å². The van der Waals surface area contributed by atoms with Crippen molar-refractivity contribution in [1.82, 2.24) is 0 Å². The summed E-state index contributed by atoms with van der Waals surface area (Å²) in [5.41, 5.74) is 7.97. The van der Waals surface area contributed by atoms with Gasteiger partial charge in [-0.1, -0.05) is 29.3 Å². The lowest BCUT2D eigenvalue weighted by atomic mass is 10.1. The number of hydrogen-bond donors (Lipinski definition) is 2. The topological polar surface area (TPSA) is 64.3 Å². The van der Waals surface area contributed by atoms with E-state index in [4.69, 9.17) is 33.7 Å². The predicted molar refractivity (Wildman–Crippen MR) is 86.6 cm³/mol. The lowest BCUT2D eigenvalue weighted by molar-refractivity contribution is 0.0526. The summed E-state index contributed by atoms with van der Waals surface area (Å²) in [6, 6.07) is 10.1. The van der Waals surface area contributed by atoms with Crippen LogP contribution in [0.15, 0.2) is 36.4 Å². The molecule has 2 aromatic carbocycles. The van der Waals surface area contributed by atoms with Crippen molar-refractivity contribution in [2.45, 2.75) is 6.92 Å². The second-order valence-electron chi connectivity index (χ2n) is 4.25. The number of nitrogens with one attached hydrogen (secondary N) is 1. The number of ether oxygens (including phenoxy) is 1. The molecule has 0 atom stereocenters. The first-order valence-corrected chi connectivity index (χ1v) is 7.06. The van der Waals surface area contributed by atoms with Crippen LogP contribution in [0.1, 0.15) is 17.3 Å². The number of halogens is 2. The Bertz CT molecular complexity index is 675. The number of hydrogen-bond acceptors (Lipinski definition) is 4. The van der Waals surface area contributed by atoms with Crippen LogP contribution in [0.25, 0.3) is 0 Å². The van der Waals surface area contributed by atoms with E-state index < -0.39 is 5.97 Å². The van der Waals surface area contributed by atoms with Gasteiger partial charge >= 0.3 is 5.97 Å². The molecule has 0 unspecified atom stereocenters. The van der Waals surface area contributed by atoms with E-state index in [1.807, 2.05) is 0 Å². The largest absolute Gasteiger partial charge is 0.462 e. The van der Waals surface area contributed by atoms with Crippen molar-refractivity contribution in [2.75, 3.05) is 17.7 Å². The number of nitrogens with two attached hydrogens (primary N) is 1. The zero-order valence-corrected chi connectivity index (χ0v) is 12.8. The molecule has 2 rings (SSSR count). The van der Waals surface area contributed by atoms with Crippen molar-refractivity contribution in [1.29, 1.82) is 0 Å². The molecule has 110 valence electrons. The zero-order valence-electron chi connectivity index (χ0n) is 11.3. The van der Waals surface area contributed by atoms with E-state index in [1.54, 1.807) is 43.3 Å². The number of anilines is 3. The van der Waals surface area contributed by atoms with E-state index in [2.05, 4.69) is 5.32 Å². The minimum Gasteiger partial charge on any atom is -0.462 e. The first-order chi connectivity index (χ1) is 10.0. The van der Waals surface area contributed by atoms with Gasteiger partial charge in [-0.2, -0.15) is 0 Å². The summed E-state index contributed by atoms with van der Waals surface area (Å²) < 4.78 is 4.96. The molecular formula is C15H14Cl2N2O2. The van der Waals surface area contributed by atoms with Gasteiger partial charge in [0, 0.05) is 0 Å². The van der Waals surface area contributed by atoms with Gasteiger partial charge in [0.2, 0.25) is 0 Å². The quantitative estimate of drug-likeness (QED) is 0.642. The van der Waals surface area contributed by atoms with Crippen molar-refractivity contribution >= 4 is 46.2 Å². The van der Waals surface area contributed by atoms with E-state index in [1.165, 1.54) is 0 Å². The summed E-state index contributed by atoms with van der Waals surface area (Å²) >= 11 is 12.1. The van der Waals surface area contributed by atoms with Crippen LogP contribution in [0.3, 0.4) is 0 Å². The standard InChI is InChI=1S/C15H14Cl2N2O2/c1-2-21-15(20)9-6-7-11(18)13(8-9)19-12-5-3-4-10(16)14(12)17/h3-8,19H,2,18H2,1H3. The molecule has 0 aliphatic rings. The number of esters is 1. The monoisotopic (exact) mass is 324 g/mol. The highest BCUT2D eigenvalue weighted by Gasteiger charge is 2.11. The smallest absolute Gasteiger partial charge is 0.338 e. The zero-order chi connectivity index (χ0) is 15.4. The number of carbonyl (C=O) groups is 1. The second-order valence-corrected chi connectivity index (χ2v) is 5.03. The summed E-state index contributed by atoms with van der Waals surface area (Å²) in [5, 5.41) is 3.89. The third-order valence-electron chi connectivity index (χ3n) is 2.79. The van der Waals surface area contributed by atoms with Crippen LogP contribution in [0.5, 0.6) is 0 Å². The second kappa shape index (κ2) is 6.70. The van der Waals surface area contributed by atoms with E-state index in [0.29, 0.717) is 39.3 Å². The molecule has 0 aliphatic heterocycles. The molecule has 3 N–H and O–H groups in total. The molecule has 0 bridgehead atoms. The Hall–Kier alpha value is -1.91. The summed E-state index contributed by atoms with van der Waals surface area (Å²) in [6.07, 6.45) is 0. The molecule has 21 heavy (non-hydrogen) atoms. The average molecular weight is 325 g/mol. The Morgan fingerprint density at radius 3 is 2.71 bits per heavy atom. The lowest BCUT2D eigenvalue weighted by Gasteiger charge is -2.13. The number of rotatable bonds is 4. The van der Waals surface area contributed by atoms with Crippen molar-refractivity contribution in [2.24, 2.45) is 0 Å². The summed E-state index contributed by atoms with van der Waals surface area (Å²) in [6.45, 7) is 2.06. The van der Waals surface area contributed by atoms with Crippen molar-refractivity contribution in [3.8, 4) is 0 Å². The van der Waals surface area contributed by atoms with Gasteiger partial charge in [-0.05, 0) is 37.3 Å². The maximum Gasteiger partial charge on any atom is 0.338 e. The SMILES string of the molecule is CCOC(=O)c1ccc(N)c(Nc2cccc(Cl)c2Cl)c1. The summed E-state index contributed by atoms with van der Waals surface area (Å²) in [4.78, 5) is 11.7. The fraction of sp³-hybridized carbons (Fsp3) is 0.133. The summed E-state index contributed by atoms with van der Waals surface area (Å²) in [5.74, 6) is -0.405. The molecule has 0 radical (unpaired) electrons. The van der Waals surface area contributed by atoms with E-state index in [9.17, 15) is 4.79 Å². The molecule has 0 aromatic heterocycles. The van der Waals surface area contributed by atoms with Gasteiger partial charge in [0.15, 0.2) is 0 Å². The molecule has 0 amide bonds. The molecule has 0 heterocycles. The Morgan fingerprint density at radius 2 is 2.00 bits per heavy atom. The molecular weight excluding hydrogens is 311 g/mol. The lowest BCUT2D eigenvalue weighted by Crippen LogP contribution is -2.06. The third kappa shape index (κ3) is 3.60. The van der Waals surface area contributed by atoms with Crippen LogP contribution < -0.4 is 11.1 Å². The third-order valence-corrected chi connectivity index (χ3v) is 3.60. The molecule has 0 spiro atoms. The first-order valence-electron chi connectivity index (χ1n) is 6.30. The van der Waals surface area contributed by atoms with E-state index in [-0.39, 0.29) is 0 Å². The summed E-state index contributed by atoms with van der Waals surface area (Å²) in [7, 11) is 0. The Labute approximate surface area is 132 Å². The highest BCUT2D eigenvalue weighted by atomic mass is 35.5. The van der Waals surface area contributed by atoms with E-state index in [0.717, 1.165) is 0 Å². The molecule has 2 aromatic rings. The Morgan fingerprint density at radius 1 is 1.24 bits per heavy atom. The maximum absolute atomic E-state index is 11.7. The number of benzene rings is 2. The van der Waals surface area contributed by atoms with Gasteiger partial charge in [0.05, 0.1) is 39.3 Å². The van der Waals surface area contributed by atoms with Gasteiger partial charge in [-0.15, -0.1) is 0 Å². The van der Waals surface area contributed by atoms with Crippen molar-refractivity contribution in [3.63, 3.8) is 0 Å². The fourth-order valence-electron chi connectivity index (χ4n) is 1.75. The number of nitrogen functional groups attached to an aromatic ring is 1. The van der Waals surface area contributed by atoms with Gasteiger partial charge in [0.1, 0.15) is 0 Å². The van der Waals surface area contributed by atoms with Gasteiger partial charge in [-0.25, -0.2) is 4.79 Å². The van der Waals surface area contributed by atoms with Gasteiger partial charge < -0.3 is 15.8 Å². The predicted octanol–water partition coefficient (Wildman–Crippen LogP) is 4.50. The normalized spacial score (nSPS) is 10.2. The van der Waals surface area contributed by atoms with Crippen LogP contribution >= 0.6 is 23.2 Å². The Balaban J connectivity index is 2.33. The number of carbonyl (C=O) groups excluding carboxylic acids is 1. The molecule has 4 nitrogen and oxygen atoms in total. The Kier molecular flexibility index (Phi) is 4.94. The maximum atomic E-state index is 11.7. The molecule has 6 heteroatoms. The molecule has 0 saturated carbocycles. The van der Waals surface area contributed by atoms with Crippen LogP contribution in [-0.4, -0.2) is 12.6 Å². The highest BCUT2D eigenvalue weighted by molar-refractivity contribution is 6.43. The average Bonchev–Trinajstić information content (AvgIpc) is 2.46. The van der Waals surface area contributed by atoms with Crippen LogP contribution in [0.2, 0.25) is 10.0 Å².